The minimum absolute atomic E-state index is 0.173. The predicted octanol–water partition coefficient (Wildman–Crippen LogP) is 1.39. The molecule has 0 amide bonds. The summed E-state index contributed by atoms with van der Waals surface area (Å²) in [5.41, 5.74) is 5.46. The second-order valence-corrected chi connectivity index (χ2v) is 3.65. The Morgan fingerprint density at radius 1 is 1.71 bits per heavy atom. The first-order chi connectivity index (χ1) is 6.61. The SMILES string of the molecule is C=C(Br)CNc1cc(OC)nc(N)n1. The lowest BCUT2D eigenvalue weighted by Gasteiger charge is -2.06. The van der Waals surface area contributed by atoms with Gasteiger partial charge in [-0.1, -0.05) is 22.5 Å². The summed E-state index contributed by atoms with van der Waals surface area (Å²) in [5, 5.41) is 3.00. The van der Waals surface area contributed by atoms with Crippen molar-refractivity contribution in [2.75, 3.05) is 24.7 Å². The molecule has 1 aromatic heterocycles. The molecule has 0 saturated carbocycles. The Bertz CT molecular complexity index is 342. The quantitative estimate of drug-likeness (QED) is 0.854. The van der Waals surface area contributed by atoms with Crippen molar-refractivity contribution in [1.29, 1.82) is 0 Å². The fourth-order valence-corrected chi connectivity index (χ4v) is 0.965. The van der Waals surface area contributed by atoms with Gasteiger partial charge in [0.1, 0.15) is 5.82 Å². The maximum absolute atomic E-state index is 5.46. The van der Waals surface area contributed by atoms with Crippen LogP contribution in [0.15, 0.2) is 17.1 Å². The second kappa shape index (κ2) is 4.80. The van der Waals surface area contributed by atoms with Gasteiger partial charge < -0.3 is 15.8 Å². The topological polar surface area (TPSA) is 73.1 Å². The van der Waals surface area contributed by atoms with Gasteiger partial charge in [0, 0.05) is 17.1 Å². The third-order valence-electron chi connectivity index (χ3n) is 1.39. The summed E-state index contributed by atoms with van der Waals surface area (Å²) in [6.07, 6.45) is 0. The number of ether oxygens (including phenoxy) is 1. The first kappa shape index (κ1) is 10.8. The largest absolute Gasteiger partial charge is 0.481 e. The van der Waals surface area contributed by atoms with Gasteiger partial charge in [-0.3, -0.25) is 0 Å². The van der Waals surface area contributed by atoms with Crippen LogP contribution in [-0.4, -0.2) is 23.6 Å². The normalized spacial score (nSPS) is 9.57. The third-order valence-corrected chi connectivity index (χ3v) is 1.67. The molecule has 0 atom stereocenters. The van der Waals surface area contributed by atoms with Gasteiger partial charge in [0.05, 0.1) is 7.11 Å². The molecule has 0 aliphatic heterocycles. The summed E-state index contributed by atoms with van der Waals surface area (Å²) in [5.74, 6) is 1.21. The van der Waals surface area contributed by atoms with Crippen LogP contribution in [0.1, 0.15) is 0 Å². The van der Waals surface area contributed by atoms with Crippen LogP contribution in [0.25, 0.3) is 0 Å². The fourth-order valence-electron chi connectivity index (χ4n) is 0.824. The first-order valence-corrected chi connectivity index (χ1v) is 4.67. The molecule has 0 radical (unpaired) electrons. The fraction of sp³-hybridized carbons (Fsp3) is 0.250. The van der Waals surface area contributed by atoms with Gasteiger partial charge in [0.25, 0.3) is 0 Å². The maximum Gasteiger partial charge on any atom is 0.225 e. The van der Waals surface area contributed by atoms with Crippen molar-refractivity contribution in [2.24, 2.45) is 0 Å². The van der Waals surface area contributed by atoms with E-state index >= 15 is 0 Å². The molecule has 14 heavy (non-hydrogen) atoms. The van der Waals surface area contributed by atoms with Crippen LogP contribution in [0, 0.1) is 0 Å². The zero-order chi connectivity index (χ0) is 10.6. The van der Waals surface area contributed by atoms with Crippen molar-refractivity contribution >= 4 is 27.7 Å². The van der Waals surface area contributed by atoms with Gasteiger partial charge in [-0.15, -0.1) is 0 Å². The van der Waals surface area contributed by atoms with Crippen molar-refractivity contribution in [3.05, 3.63) is 17.1 Å². The molecule has 0 bridgehead atoms. The average molecular weight is 259 g/mol. The number of nitrogen functional groups attached to an aromatic ring is 1. The molecular weight excluding hydrogens is 248 g/mol. The van der Waals surface area contributed by atoms with Crippen molar-refractivity contribution in [3.63, 3.8) is 0 Å². The van der Waals surface area contributed by atoms with Gasteiger partial charge in [-0.25, -0.2) is 0 Å². The van der Waals surface area contributed by atoms with Crippen LogP contribution in [-0.2, 0) is 0 Å². The van der Waals surface area contributed by atoms with E-state index in [0.29, 0.717) is 18.2 Å². The molecule has 1 heterocycles. The molecule has 76 valence electrons. The second-order valence-electron chi connectivity index (χ2n) is 2.52. The molecule has 6 heteroatoms. The number of hydrogen-bond donors (Lipinski definition) is 2. The Balaban J connectivity index is 2.76. The molecule has 0 fully saturated rings. The summed E-state index contributed by atoms with van der Waals surface area (Å²) in [4.78, 5) is 7.82. The van der Waals surface area contributed by atoms with Crippen molar-refractivity contribution in [2.45, 2.75) is 0 Å². The van der Waals surface area contributed by atoms with E-state index in [1.54, 1.807) is 6.07 Å². The van der Waals surface area contributed by atoms with Crippen LogP contribution in [0.5, 0.6) is 5.88 Å². The number of nitrogens with two attached hydrogens (primary N) is 1. The highest BCUT2D eigenvalue weighted by molar-refractivity contribution is 9.11. The van der Waals surface area contributed by atoms with E-state index in [0.717, 1.165) is 4.48 Å². The molecule has 3 N–H and O–H groups in total. The van der Waals surface area contributed by atoms with Gasteiger partial charge in [-0.05, 0) is 0 Å². The monoisotopic (exact) mass is 258 g/mol. The number of hydrogen-bond acceptors (Lipinski definition) is 5. The molecule has 0 aliphatic carbocycles. The number of halogens is 1. The summed E-state index contributed by atoms with van der Waals surface area (Å²) in [7, 11) is 1.52. The Morgan fingerprint density at radius 3 is 3.00 bits per heavy atom. The lowest BCUT2D eigenvalue weighted by atomic mass is 10.5. The molecule has 1 rings (SSSR count). The molecule has 0 spiro atoms. The number of nitrogens with one attached hydrogen (secondary N) is 1. The van der Waals surface area contributed by atoms with E-state index in [9.17, 15) is 0 Å². The molecule has 0 aromatic carbocycles. The van der Waals surface area contributed by atoms with Crippen LogP contribution < -0.4 is 15.8 Å². The van der Waals surface area contributed by atoms with Crippen molar-refractivity contribution in [3.8, 4) is 5.88 Å². The predicted molar refractivity (Wildman–Crippen MR) is 59.6 cm³/mol. The van der Waals surface area contributed by atoms with Crippen LogP contribution >= 0.6 is 15.9 Å². The third kappa shape index (κ3) is 3.21. The standard InChI is InChI=1S/C8H11BrN4O/c1-5(9)4-11-6-3-7(14-2)13-8(10)12-6/h3H,1,4H2,2H3,(H3,10,11,12,13). The summed E-state index contributed by atoms with van der Waals surface area (Å²) in [6.45, 7) is 4.25. The smallest absolute Gasteiger partial charge is 0.225 e. The van der Waals surface area contributed by atoms with E-state index in [2.05, 4.69) is 37.8 Å². The highest BCUT2D eigenvalue weighted by Crippen LogP contribution is 2.14. The number of rotatable bonds is 4. The van der Waals surface area contributed by atoms with Crippen LogP contribution in [0.4, 0.5) is 11.8 Å². The Kier molecular flexibility index (Phi) is 3.70. The first-order valence-electron chi connectivity index (χ1n) is 3.87. The highest BCUT2D eigenvalue weighted by atomic mass is 79.9. The van der Waals surface area contributed by atoms with Crippen LogP contribution in [0.3, 0.4) is 0 Å². The maximum atomic E-state index is 5.46. The molecule has 5 nitrogen and oxygen atoms in total. The lowest BCUT2D eigenvalue weighted by Crippen LogP contribution is -2.06. The van der Waals surface area contributed by atoms with Gasteiger partial charge in [0.15, 0.2) is 0 Å². The number of nitrogens with zero attached hydrogens (tertiary/aromatic N) is 2. The van der Waals surface area contributed by atoms with E-state index < -0.39 is 0 Å². The average Bonchev–Trinajstić information content (AvgIpc) is 2.14. The minimum atomic E-state index is 0.173. The number of aromatic nitrogens is 2. The van der Waals surface area contributed by atoms with E-state index in [1.165, 1.54) is 7.11 Å². The highest BCUT2D eigenvalue weighted by Gasteiger charge is 2.01. The van der Waals surface area contributed by atoms with Crippen LogP contribution in [0.2, 0.25) is 0 Å². The Labute approximate surface area is 90.5 Å². The van der Waals surface area contributed by atoms with Crippen molar-refractivity contribution in [1.82, 2.24) is 9.97 Å². The zero-order valence-corrected chi connectivity index (χ0v) is 9.34. The molecule has 0 saturated heterocycles. The van der Waals surface area contributed by atoms with Gasteiger partial charge in [-0.2, -0.15) is 9.97 Å². The number of anilines is 2. The summed E-state index contributed by atoms with van der Waals surface area (Å²) in [6, 6.07) is 1.66. The minimum Gasteiger partial charge on any atom is -0.481 e. The Hall–Kier alpha value is -1.30. The summed E-state index contributed by atoms with van der Waals surface area (Å²) < 4.78 is 5.76. The van der Waals surface area contributed by atoms with Crippen molar-refractivity contribution < 1.29 is 4.74 Å². The van der Waals surface area contributed by atoms with Gasteiger partial charge >= 0.3 is 0 Å². The zero-order valence-electron chi connectivity index (χ0n) is 7.75. The molecule has 0 aliphatic rings. The Morgan fingerprint density at radius 2 is 2.43 bits per heavy atom. The lowest BCUT2D eigenvalue weighted by molar-refractivity contribution is 0.398. The van der Waals surface area contributed by atoms with E-state index in [-0.39, 0.29) is 5.95 Å². The van der Waals surface area contributed by atoms with Gasteiger partial charge in [0.2, 0.25) is 11.8 Å². The molecule has 1 aromatic rings. The molecule has 0 unspecified atom stereocenters. The molecular formula is C8H11BrN4O. The van der Waals surface area contributed by atoms with E-state index in [1.807, 2.05) is 0 Å². The number of methoxy groups -OCH3 is 1. The summed E-state index contributed by atoms with van der Waals surface area (Å²) >= 11 is 3.22. The van der Waals surface area contributed by atoms with E-state index in [4.69, 9.17) is 10.5 Å².